The molecule has 1 aromatic carbocycles. The molecule has 2 amide bonds. The topological polar surface area (TPSA) is 71.0 Å². The zero-order chi connectivity index (χ0) is 15.0. The van der Waals surface area contributed by atoms with Crippen LogP contribution in [0.1, 0.15) is 12.0 Å². The Kier molecular flexibility index (Phi) is 6.66. The van der Waals surface area contributed by atoms with Crippen LogP contribution in [0.2, 0.25) is 0 Å². The molecular weight excluding hydrogens is 260 g/mol. The number of phenolic OH excluding ortho intramolecular Hbond substituents is 1. The third kappa shape index (κ3) is 4.97. The van der Waals surface area contributed by atoms with Crippen LogP contribution in [-0.4, -0.2) is 50.5 Å². The Morgan fingerprint density at radius 3 is 2.75 bits per heavy atom. The third-order valence-electron chi connectivity index (χ3n) is 2.81. The maximum Gasteiger partial charge on any atom is 0.317 e. The SMILES string of the molecule is COCCCNC(=O)N(C)Cc1ccc(OC)c(O)c1. The minimum Gasteiger partial charge on any atom is -0.504 e. The average molecular weight is 282 g/mol. The van der Waals surface area contributed by atoms with Crippen molar-refractivity contribution in [3.63, 3.8) is 0 Å². The van der Waals surface area contributed by atoms with Crippen molar-refractivity contribution in [3.8, 4) is 11.5 Å². The molecule has 0 unspecified atom stereocenters. The van der Waals surface area contributed by atoms with Crippen molar-refractivity contribution >= 4 is 6.03 Å². The van der Waals surface area contributed by atoms with Crippen LogP contribution in [0.15, 0.2) is 18.2 Å². The fraction of sp³-hybridized carbons (Fsp3) is 0.500. The first-order chi connectivity index (χ1) is 9.58. The molecule has 2 N–H and O–H groups in total. The van der Waals surface area contributed by atoms with Crippen molar-refractivity contribution in [1.29, 1.82) is 0 Å². The van der Waals surface area contributed by atoms with Crippen molar-refractivity contribution in [2.45, 2.75) is 13.0 Å². The molecule has 1 rings (SSSR count). The summed E-state index contributed by atoms with van der Waals surface area (Å²) in [7, 11) is 4.82. The van der Waals surface area contributed by atoms with Gasteiger partial charge in [-0.1, -0.05) is 6.07 Å². The van der Waals surface area contributed by atoms with Gasteiger partial charge in [0.1, 0.15) is 0 Å². The van der Waals surface area contributed by atoms with Crippen molar-refractivity contribution in [2.75, 3.05) is 34.4 Å². The van der Waals surface area contributed by atoms with E-state index in [4.69, 9.17) is 9.47 Å². The van der Waals surface area contributed by atoms with Crippen LogP contribution in [0.5, 0.6) is 11.5 Å². The minimum atomic E-state index is -0.156. The maximum absolute atomic E-state index is 11.8. The van der Waals surface area contributed by atoms with Crippen LogP contribution in [-0.2, 0) is 11.3 Å². The van der Waals surface area contributed by atoms with Gasteiger partial charge in [-0.05, 0) is 24.1 Å². The summed E-state index contributed by atoms with van der Waals surface area (Å²) in [5.74, 6) is 0.485. The highest BCUT2D eigenvalue weighted by Crippen LogP contribution is 2.26. The van der Waals surface area contributed by atoms with Crippen LogP contribution in [0.25, 0.3) is 0 Å². The zero-order valence-corrected chi connectivity index (χ0v) is 12.2. The predicted octanol–water partition coefficient (Wildman–Crippen LogP) is 1.58. The summed E-state index contributed by atoms with van der Waals surface area (Å²) < 4.78 is 9.88. The highest BCUT2D eigenvalue weighted by Gasteiger charge is 2.10. The smallest absolute Gasteiger partial charge is 0.317 e. The molecular formula is C14H22N2O4. The van der Waals surface area contributed by atoms with Gasteiger partial charge in [0.05, 0.1) is 7.11 Å². The fourth-order valence-electron chi connectivity index (χ4n) is 1.73. The number of urea groups is 1. The fourth-order valence-corrected chi connectivity index (χ4v) is 1.73. The summed E-state index contributed by atoms with van der Waals surface area (Å²) in [6.45, 7) is 1.61. The van der Waals surface area contributed by atoms with Crippen molar-refractivity contribution < 1.29 is 19.4 Å². The first-order valence-corrected chi connectivity index (χ1v) is 6.42. The number of phenols is 1. The lowest BCUT2D eigenvalue weighted by atomic mass is 10.2. The summed E-state index contributed by atoms with van der Waals surface area (Å²) in [6.07, 6.45) is 0.777. The largest absolute Gasteiger partial charge is 0.504 e. The number of ether oxygens (including phenoxy) is 2. The quantitative estimate of drug-likeness (QED) is 0.745. The second kappa shape index (κ2) is 8.27. The van der Waals surface area contributed by atoms with Gasteiger partial charge in [0, 0.05) is 33.9 Å². The van der Waals surface area contributed by atoms with E-state index in [-0.39, 0.29) is 11.8 Å². The number of nitrogens with one attached hydrogen (secondary N) is 1. The maximum atomic E-state index is 11.8. The van der Waals surface area contributed by atoms with Gasteiger partial charge in [0.2, 0.25) is 0 Å². The molecule has 112 valence electrons. The number of hydrogen-bond donors (Lipinski definition) is 2. The summed E-state index contributed by atoms with van der Waals surface area (Å²) in [5, 5.41) is 12.5. The molecule has 0 fully saturated rings. The lowest BCUT2D eigenvalue weighted by Crippen LogP contribution is -2.37. The number of carbonyl (C=O) groups excluding carboxylic acids is 1. The molecule has 0 aromatic heterocycles. The molecule has 0 saturated carbocycles. The van der Waals surface area contributed by atoms with Gasteiger partial charge in [-0.25, -0.2) is 4.79 Å². The number of rotatable bonds is 7. The first kappa shape index (κ1) is 16.1. The van der Waals surface area contributed by atoms with Crippen molar-refractivity contribution in [2.24, 2.45) is 0 Å². The van der Waals surface area contributed by atoms with Crippen LogP contribution >= 0.6 is 0 Å². The Morgan fingerprint density at radius 1 is 1.40 bits per heavy atom. The Morgan fingerprint density at radius 2 is 2.15 bits per heavy atom. The van der Waals surface area contributed by atoms with E-state index in [9.17, 15) is 9.90 Å². The van der Waals surface area contributed by atoms with E-state index >= 15 is 0 Å². The molecule has 6 heteroatoms. The highest BCUT2D eigenvalue weighted by molar-refractivity contribution is 5.73. The van der Waals surface area contributed by atoms with Gasteiger partial charge in [-0.15, -0.1) is 0 Å². The highest BCUT2D eigenvalue weighted by atomic mass is 16.5. The van der Waals surface area contributed by atoms with Crippen LogP contribution in [0, 0.1) is 0 Å². The number of amides is 2. The standard InChI is InChI=1S/C14H22N2O4/c1-16(14(18)15-7-4-8-19-2)10-11-5-6-13(20-3)12(17)9-11/h5-6,9,17H,4,7-8,10H2,1-3H3,(H,15,18). The van der Waals surface area contributed by atoms with E-state index in [0.717, 1.165) is 12.0 Å². The number of benzene rings is 1. The molecule has 0 heterocycles. The van der Waals surface area contributed by atoms with E-state index in [1.54, 1.807) is 31.2 Å². The molecule has 20 heavy (non-hydrogen) atoms. The lowest BCUT2D eigenvalue weighted by Gasteiger charge is -2.18. The molecule has 0 aliphatic carbocycles. The molecule has 0 aliphatic rings. The third-order valence-corrected chi connectivity index (χ3v) is 2.81. The first-order valence-electron chi connectivity index (χ1n) is 6.42. The van der Waals surface area contributed by atoms with E-state index in [0.29, 0.717) is 25.4 Å². The van der Waals surface area contributed by atoms with E-state index in [2.05, 4.69) is 5.32 Å². The molecule has 0 atom stereocenters. The number of methoxy groups -OCH3 is 2. The minimum absolute atomic E-state index is 0.0684. The molecule has 0 radical (unpaired) electrons. The number of nitrogens with zero attached hydrogens (tertiary/aromatic N) is 1. The molecule has 1 aromatic rings. The van der Waals surface area contributed by atoms with Crippen LogP contribution in [0.4, 0.5) is 4.79 Å². The second-order valence-corrected chi connectivity index (χ2v) is 4.44. The number of aromatic hydroxyl groups is 1. The van der Waals surface area contributed by atoms with Gasteiger partial charge in [-0.3, -0.25) is 0 Å². The van der Waals surface area contributed by atoms with E-state index < -0.39 is 0 Å². The summed E-state index contributed by atoms with van der Waals surface area (Å²) in [4.78, 5) is 13.4. The monoisotopic (exact) mass is 282 g/mol. The van der Waals surface area contributed by atoms with E-state index in [1.807, 2.05) is 6.07 Å². The van der Waals surface area contributed by atoms with E-state index in [1.165, 1.54) is 7.11 Å². The Bertz CT molecular complexity index is 437. The predicted molar refractivity (Wildman–Crippen MR) is 76.0 cm³/mol. The van der Waals surface area contributed by atoms with Gasteiger partial charge in [0.15, 0.2) is 11.5 Å². The summed E-state index contributed by atoms with van der Waals surface area (Å²) >= 11 is 0. The lowest BCUT2D eigenvalue weighted by molar-refractivity contribution is 0.188. The molecule has 0 aliphatic heterocycles. The number of hydrogen-bond acceptors (Lipinski definition) is 4. The molecule has 0 bridgehead atoms. The average Bonchev–Trinajstić information content (AvgIpc) is 2.43. The molecule has 0 saturated heterocycles. The zero-order valence-electron chi connectivity index (χ0n) is 12.2. The Labute approximate surface area is 119 Å². The van der Waals surface area contributed by atoms with Gasteiger partial charge >= 0.3 is 6.03 Å². The normalized spacial score (nSPS) is 10.2. The number of carbonyl (C=O) groups is 1. The molecule has 0 spiro atoms. The second-order valence-electron chi connectivity index (χ2n) is 4.44. The van der Waals surface area contributed by atoms with Crippen molar-refractivity contribution in [3.05, 3.63) is 23.8 Å². The Hall–Kier alpha value is -1.95. The van der Waals surface area contributed by atoms with Gasteiger partial charge < -0.3 is 24.8 Å². The molecule has 6 nitrogen and oxygen atoms in total. The van der Waals surface area contributed by atoms with Crippen molar-refractivity contribution in [1.82, 2.24) is 10.2 Å². The summed E-state index contributed by atoms with van der Waals surface area (Å²) in [5.41, 5.74) is 0.831. The summed E-state index contributed by atoms with van der Waals surface area (Å²) in [6, 6.07) is 4.92. The Balaban J connectivity index is 2.46. The van der Waals surface area contributed by atoms with Gasteiger partial charge in [0.25, 0.3) is 0 Å². The van der Waals surface area contributed by atoms with Crippen LogP contribution in [0.3, 0.4) is 0 Å². The van der Waals surface area contributed by atoms with Gasteiger partial charge in [-0.2, -0.15) is 0 Å². The van der Waals surface area contributed by atoms with Crippen LogP contribution < -0.4 is 10.1 Å².